The summed E-state index contributed by atoms with van der Waals surface area (Å²) in [5.41, 5.74) is 1.77. The van der Waals surface area contributed by atoms with E-state index in [0.29, 0.717) is 6.42 Å². The van der Waals surface area contributed by atoms with Gasteiger partial charge in [0, 0.05) is 11.7 Å². The van der Waals surface area contributed by atoms with Crippen LogP contribution in [0.25, 0.3) is 0 Å². The zero-order chi connectivity index (χ0) is 22.0. The Balaban J connectivity index is 1.93. The molecule has 2 aromatic carbocycles. The van der Waals surface area contributed by atoms with Gasteiger partial charge in [0.25, 0.3) is 0 Å². The maximum Gasteiger partial charge on any atom is 0.408 e. The molecule has 0 spiro atoms. The lowest BCUT2D eigenvalue weighted by molar-refractivity contribution is -0.123. The lowest BCUT2D eigenvalue weighted by atomic mass is 10.1. The number of amides is 2. The first-order valence-electron chi connectivity index (χ1n) is 9.43. The Kier molecular flexibility index (Phi) is 8.61. The molecule has 0 bridgehead atoms. The predicted octanol–water partition coefficient (Wildman–Crippen LogP) is 2.59. The monoisotopic (exact) mass is 430 g/mol. The Morgan fingerprint density at radius 2 is 1.53 bits per heavy atom. The van der Waals surface area contributed by atoms with Crippen molar-refractivity contribution < 1.29 is 22.7 Å². The number of rotatable bonds is 9. The molecule has 30 heavy (non-hydrogen) atoms. The van der Waals surface area contributed by atoms with Crippen molar-refractivity contribution in [1.29, 1.82) is 0 Å². The van der Waals surface area contributed by atoms with Gasteiger partial charge in [0.2, 0.25) is 5.91 Å². The summed E-state index contributed by atoms with van der Waals surface area (Å²) in [5, 5.41) is 6.30. The molecule has 8 heteroatoms. The summed E-state index contributed by atoms with van der Waals surface area (Å²) >= 11 is 0. The van der Waals surface area contributed by atoms with Gasteiger partial charge >= 0.3 is 6.09 Å². The van der Waals surface area contributed by atoms with Crippen molar-refractivity contribution in [1.82, 2.24) is 10.6 Å². The fraction of sp³-hybridized carbons (Fsp3) is 0.273. The molecule has 2 rings (SSSR count). The summed E-state index contributed by atoms with van der Waals surface area (Å²) in [5.74, 6) is -0.453. The van der Waals surface area contributed by atoms with Gasteiger partial charge in [-0.25, -0.2) is 13.2 Å². The van der Waals surface area contributed by atoms with Gasteiger partial charge in [0.05, 0.1) is 6.04 Å². The molecule has 0 saturated carbocycles. The maximum atomic E-state index is 12.5. The van der Waals surface area contributed by atoms with E-state index in [0.717, 1.165) is 22.8 Å². The third-order valence-corrected chi connectivity index (χ3v) is 4.78. The second kappa shape index (κ2) is 11.2. The molecule has 0 aliphatic rings. The second-order valence-electron chi connectivity index (χ2n) is 6.89. The number of benzene rings is 2. The molecule has 2 amide bonds. The molecule has 0 radical (unpaired) electrons. The number of nitrogens with one attached hydrogen (secondary N) is 2. The van der Waals surface area contributed by atoms with Crippen molar-refractivity contribution in [2.75, 3.05) is 6.26 Å². The molecule has 0 unspecified atom stereocenters. The first-order chi connectivity index (χ1) is 14.2. The molecule has 0 aliphatic carbocycles. The fourth-order valence-electron chi connectivity index (χ4n) is 2.59. The van der Waals surface area contributed by atoms with Crippen molar-refractivity contribution in [3.63, 3.8) is 0 Å². The van der Waals surface area contributed by atoms with Gasteiger partial charge in [-0.2, -0.15) is 0 Å². The van der Waals surface area contributed by atoms with Crippen molar-refractivity contribution in [2.45, 2.75) is 32.0 Å². The van der Waals surface area contributed by atoms with E-state index in [2.05, 4.69) is 10.6 Å². The normalized spacial score (nSPS) is 13.4. The standard InChI is InChI=1S/C22H26N2O5S/c1-17(23-22(26)29-16-19-11-7-4-8-12-19)21(25)24-20(13-14-30(2,27)28)15-18-9-5-3-6-10-18/h3-14,17,20H,15-16H2,1-2H3,(H,23,26)(H,24,25)/b14-13+/t17-,20+/m0/s1. The van der Waals surface area contributed by atoms with Crippen LogP contribution in [0.1, 0.15) is 18.1 Å². The fourth-order valence-corrected chi connectivity index (χ4v) is 3.06. The van der Waals surface area contributed by atoms with Crippen LogP contribution < -0.4 is 10.6 Å². The van der Waals surface area contributed by atoms with E-state index in [1.807, 2.05) is 60.7 Å². The summed E-state index contributed by atoms with van der Waals surface area (Å²) in [6.07, 6.45) is 2.20. The first kappa shape index (κ1) is 23.2. The third kappa shape index (κ3) is 8.91. The van der Waals surface area contributed by atoms with Gasteiger partial charge < -0.3 is 15.4 Å². The summed E-state index contributed by atoms with van der Waals surface area (Å²) in [6, 6.07) is 17.1. The Morgan fingerprint density at radius 1 is 0.967 bits per heavy atom. The largest absolute Gasteiger partial charge is 0.445 e. The number of hydrogen-bond acceptors (Lipinski definition) is 5. The molecule has 2 aromatic rings. The molecule has 0 heterocycles. The lowest BCUT2D eigenvalue weighted by Crippen LogP contribution is -2.48. The smallest absolute Gasteiger partial charge is 0.408 e. The third-order valence-electron chi connectivity index (χ3n) is 4.12. The minimum atomic E-state index is -3.34. The number of carbonyl (C=O) groups is 2. The van der Waals surface area contributed by atoms with Crippen molar-refractivity contribution >= 4 is 21.8 Å². The number of alkyl carbamates (subject to hydrolysis) is 1. The highest BCUT2D eigenvalue weighted by Crippen LogP contribution is 2.06. The Hall–Kier alpha value is -3.13. The molecule has 160 valence electrons. The highest BCUT2D eigenvalue weighted by Gasteiger charge is 2.19. The van der Waals surface area contributed by atoms with Crippen LogP contribution in [0, 0.1) is 0 Å². The van der Waals surface area contributed by atoms with Crippen LogP contribution in [-0.2, 0) is 32.4 Å². The Bertz CT molecular complexity index is 960. The molecule has 2 atom stereocenters. The average molecular weight is 431 g/mol. The SMILES string of the molecule is C[C@H](NC(=O)OCc1ccccc1)C(=O)N[C@H](/C=C/S(C)(=O)=O)Cc1ccccc1. The highest BCUT2D eigenvalue weighted by molar-refractivity contribution is 7.93. The lowest BCUT2D eigenvalue weighted by Gasteiger charge is -2.19. The van der Waals surface area contributed by atoms with Gasteiger partial charge in [0.1, 0.15) is 12.6 Å². The van der Waals surface area contributed by atoms with Crippen molar-refractivity contribution in [3.8, 4) is 0 Å². The molecular formula is C22H26N2O5S. The van der Waals surface area contributed by atoms with Crippen LogP contribution in [0.2, 0.25) is 0 Å². The zero-order valence-corrected chi connectivity index (χ0v) is 17.8. The number of carbonyl (C=O) groups excluding carboxylic acids is 2. The first-order valence-corrected chi connectivity index (χ1v) is 11.4. The second-order valence-corrected chi connectivity index (χ2v) is 8.82. The predicted molar refractivity (Wildman–Crippen MR) is 115 cm³/mol. The molecule has 0 aromatic heterocycles. The maximum absolute atomic E-state index is 12.5. The summed E-state index contributed by atoms with van der Waals surface area (Å²) in [7, 11) is -3.34. The van der Waals surface area contributed by atoms with Gasteiger partial charge in [-0.3, -0.25) is 4.79 Å². The van der Waals surface area contributed by atoms with Gasteiger partial charge in [-0.1, -0.05) is 66.7 Å². The van der Waals surface area contributed by atoms with E-state index >= 15 is 0 Å². The van der Waals surface area contributed by atoms with Crippen LogP contribution in [0.4, 0.5) is 4.79 Å². The average Bonchev–Trinajstić information content (AvgIpc) is 2.71. The van der Waals surface area contributed by atoms with Crippen molar-refractivity contribution in [3.05, 3.63) is 83.3 Å². The van der Waals surface area contributed by atoms with E-state index in [9.17, 15) is 18.0 Å². The molecular weight excluding hydrogens is 404 g/mol. The topological polar surface area (TPSA) is 102 Å². The van der Waals surface area contributed by atoms with Gasteiger partial charge in [-0.15, -0.1) is 0 Å². The molecule has 0 saturated heterocycles. The van der Waals surface area contributed by atoms with E-state index in [4.69, 9.17) is 4.74 Å². The number of sulfone groups is 1. The quantitative estimate of drug-likeness (QED) is 0.637. The summed E-state index contributed by atoms with van der Waals surface area (Å²) in [6.45, 7) is 1.62. The van der Waals surface area contributed by atoms with E-state index in [1.165, 1.54) is 13.0 Å². The molecule has 2 N–H and O–H groups in total. The molecule has 7 nitrogen and oxygen atoms in total. The van der Waals surface area contributed by atoms with E-state index in [1.54, 1.807) is 0 Å². The molecule has 0 aliphatic heterocycles. The van der Waals surface area contributed by atoms with Crippen LogP contribution >= 0.6 is 0 Å². The summed E-state index contributed by atoms with van der Waals surface area (Å²) < 4.78 is 28.1. The number of hydrogen-bond donors (Lipinski definition) is 2. The minimum absolute atomic E-state index is 0.0920. The van der Waals surface area contributed by atoms with Gasteiger partial charge in [0.15, 0.2) is 9.84 Å². The summed E-state index contributed by atoms with van der Waals surface area (Å²) in [4.78, 5) is 24.5. The van der Waals surface area contributed by atoms with Crippen molar-refractivity contribution in [2.24, 2.45) is 0 Å². The minimum Gasteiger partial charge on any atom is -0.445 e. The van der Waals surface area contributed by atoms with Crippen LogP contribution in [0.3, 0.4) is 0 Å². The van der Waals surface area contributed by atoms with E-state index in [-0.39, 0.29) is 6.61 Å². The van der Waals surface area contributed by atoms with Crippen LogP contribution in [0.15, 0.2) is 72.1 Å². The van der Waals surface area contributed by atoms with E-state index < -0.39 is 33.9 Å². The highest BCUT2D eigenvalue weighted by atomic mass is 32.2. The Labute approximate surface area is 177 Å². The molecule has 0 fully saturated rings. The van der Waals surface area contributed by atoms with Crippen LogP contribution in [-0.4, -0.2) is 38.8 Å². The Morgan fingerprint density at radius 3 is 2.10 bits per heavy atom. The van der Waals surface area contributed by atoms with Gasteiger partial charge in [-0.05, 0) is 24.5 Å². The van der Waals surface area contributed by atoms with Crippen LogP contribution in [0.5, 0.6) is 0 Å². The zero-order valence-electron chi connectivity index (χ0n) is 16.9. The number of ether oxygens (including phenoxy) is 1.